The summed E-state index contributed by atoms with van der Waals surface area (Å²) in [6.07, 6.45) is 0. The highest BCUT2D eigenvalue weighted by molar-refractivity contribution is 9.11. The maximum absolute atomic E-state index is 3.51. The van der Waals surface area contributed by atoms with Gasteiger partial charge in [0.05, 0.1) is 28.7 Å². The molecule has 0 N–H and O–H groups in total. The normalized spacial score (nSPS) is 11.1. The number of thiophene rings is 2. The van der Waals surface area contributed by atoms with Crippen LogP contribution in [-0.2, 0) is 7.05 Å². The van der Waals surface area contributed by atoms with E-state index in [1.807, 2.05) is 0 Å². The Labute approximate surface area is 130 Å². The molecule has 0 atom stereocenters. The number of aromatic nitrogens is 1. The molecule has 92 valence electrons. The van der Waals surface area contributed by atoms with Crippen molar-refractivity contribution in [2.45, 2.75) is 0 Å². The topological polar surface area (TPSA) is 4.93 Å². The summed E-state index contributed by atoms with van der Waals surface area (Å²) < 4.78 is 4.58. The van der Waals surface area contributed by atoms with Crippen LogP contribution in [0.5, 0.6) is 0 Å². The van der Waals surface area contributed by atoms with Crippen LogP contribution in [0.1, 0.15) is 0 Å². The van der Waals surface area contributed by atoms with E-state index in [0.29, 0.717) is 0 Å². The lowest BCUT2D eigenvalue weighted by Gasteiger charge is -2.04. The average molecular weight is 403 g/mol. The minimum Gasteiger partial charge on any atom is -0.342 e. The lowest BCUT2D eigenvalue weighted by atomic mass is 10.3. The van der Waals surface area contributed by atoms with Gasteiger partial charge in [-0.1, -0.05) is 0 Å². The highest BCUT2D eigenvalue weighted by Gasteiger charge is 2.11. The van der Waals surface area contributed by atoms with E-state index < -0.39 is 0 Å². The van der Waals surface area contributed by atoms with Gasteiger partial charge in [0.15, 0.2) is 0 Å². The van der Waals surface area contributed by atoms with Gasteiger partial charge in [0.25, 0.3) is 0 Å². The zero-order valence-electron chi connectivity index (χ0n) is 9.48. The first-order valence-corrected chi connectivity index (χ1v) is 8.54. The summed E-state index contributed by atoms with van der Waals surface area (Å²) in [5.74, 6) is 0. The molecule has 0 unspecified atom stereocenters. The van der Waals surface area contributed by atoms with Gasteiger partial charge in [0.2, 0.25) is 0 Å². The average Bonchev–Trinajstić information content (AvgIpc) is 3.00. The van der Waals surface area contributed by atoms with E-state index in [2.05, 4.69) is 79.9 Å². The van der Waals surface area contributed by atoms with Crippen molar-refractivity contribution in [2.75, 3.05) is 0 Å². The number of nitrogens with zero attached hydrogens (tertiary/aromatic N) is 1. The van der Waals surface area contributed by atoms with E-state index in [-0.39, 0.29) is 0 Å². The molecule has 1 nitrogen and oxygen atoms in total. The van der Waals surface area contributed by atoms with Gasteiger partial charge in [-0.15, -0.1) is 22.7 Å². The molecule has 0 fully saturated rings. The third-order valence-corrected chi connectivity index (χ3v) is 6.07. The van der Waals surface area contributed by atoms with E-state index in [1.165, 1.54) is 28.7 Å². The highest BCUT2D eigenvalue weighted by atomic mass is 79.9. The molecule has 3 rings (SSSR count). The lowest BCUT2D eigenvalue weighted by Crippen LogP contribution is -1.91. The fourth-order valence-corrected chi connectivity index (χ4v) is 4.80. The van der Waals surface area contributed by atoms with Gasteiger partial charge in [-0.3, -0.25) is 0 Å². The molecule has 18 heavy (non-hydrogen) atoms. The SMILES string of the molecule is Cn1c(-c2ccc(Br)s2)ccc1-c1ccc(Br)s1. The predicted molar refractivity (Wildman–Crippen MR) is 87.4 cm³/mol. The second-order valence-corrected chi connectivity index (χ2v) is 8.80. The minimum atomic E-state index is 1.17. The van der Waals surface area contributed by atoms with Crippen molar-refractivity contribution in [3.05, 3.63) is 44.0 Å². The van der Waals surface area contributed by atoms with Gasteiger partial charge >= 0.3 is 0 Å². The zero-order chi connectivity index (χ0) is 12.7. The first-order valence-electron chi connectivity index (χ1n) is 5.32. The van der Waals surface area contributed by atoms with Crippen molar-refractivity contribution >= 4 is 54.5 Å². The maximum Gasteiger partial charge on any atom is 0.0705 e. The van der Waals surface area contributed by atoms with E-state index in [0.717, 1.165) is 0 Å². The smallest absolute Gasteiger partial charge is 0.0705 e. The third kappa shape index (κ3) is 2.25. The van der Waals surface area contributed by atoms with Crippen molar-refractivity contribution in [2.24, 2.45) is 7.05 Å². The van der Waals surface area contributed by atoms with Gasteiger partial charge < -0.3 is 4.57 Å². The minimum absolute atomic E-state index is 1.17. The summed E-state index contributed by atoms with van der Waals surface area (Å²) in [7, 11) is 2.12. The molecule has 3 heterocycles. The molecule has 3 aromatic heterocycles. The molecule has 3 aromatic rings. The van der Waals surface area contributed by atoms with E-state index in [1.54, 1.807) is 22.7 Å². The monoisotopic (exact) mass is 401 g/mol. The summed E-state index contributed by atoms with van der Waals surface area (Å²) in [5, 5.41) is 0. The Morgan fingerprint density at radius 3 is 1.56 bits per heavy atom. The van der Waals surface area contributed by atoms with Crippen molar-refractivity contribution in [1.29, 1.82) is 0 Å². The van der Waals surface area contributed by atoms with Crippen LogP contribution in [0.25, 0.3) is 21.1 Å². The van der Waals surface area contributed by atoms with Gasteiger partial charge in [-0.25, -0.2) is 0 Å². The number of hydrogen-bond acceptors (Lipinski definition) is 2. The molecule has 0 radical (unpaired) electrons. The Balaban J connectivity index is 2.08. The number of hydrogen-bond donors (Lipinski definition) is 0. The molecular weight excluding hydrogens is 394 g/mol. The molecule has 0 spiro atoms. The third-order valence-electron chi connectivity index (χ3n) is 2.77. The first-order chi connectivity index (χ1) is 8.65. The summed E-state index contributed by atoms with van der Waals surface area (Å²) >= 11 is 10.5. The number of halogens is 2. The second-order valence-electron chi connectivity index (χ2n) is 3.87. The second kappa shape index (κ2) is 4.96. The van der Waals surface area contributed by atoms with Gasteiger partial charge in [-0.2, -0.15) is 0 Å². The first kappa shape index (κ1) is 12.7. The summed E-state index contributed by atoms with van der Waals surface area (Å²) in [6.45, 7) is 0. The van der Waals surface area contributed by atoms with Crippen LogP contribution < -0.4 is 0 Å². The van der Waals surface area contributed by atoms with Crippen LogP contribution in [0.2, 0.25) is 0 Å². The highest BCUT2D eigenvalue weighted by Crippen LogP contribution is 2.37. The molecule has 5 heteroatoms. The van der Waals surface area contributed by atoms with Gasteiger partial charge in [0.1, 0.15) is 0 Å². The van der Waals surface area contributed by atoms with Crippen LogP contribution >= 0.6 is 54.5 Å². The predicted octanol–water partition coefficient (Wildman–Crippen LogP) is 6.01. The Bertz CT molecular complexity index is 636. The summed E-state index contributed by atoms with van der Waals surface area (Å²) in [5.41, 5.74) is 2.51. The molecule has 0 aliphatic carbocycles. The maximum atomic E-state index is 3.51. The van der Waals surface area contributed by atoms with Crippen LogP contribution in [0, 0.1) is 0 Å². The molecule has 0 saturated heterocycles. The van der Waals surface area contributed by atoms with Crippen LogP contribution in [-0.4, -0.2) is 4.57 Å². The fourth-order valence-electron chi connectivity index (χ4n) is 1.91. The molecule has 0 aromatic carbocycles. The summed E-state index contributed by atoms with van der Waals surface area (Å²) in [6, 6.07) is 12.8. The molecule has 0 aliphatic heterocycles. The van der Waals surface area contributed by atoms with Crippen molar-refractivity contribution < 1.29 is 0 Å². The summed E-state index contributed by atoms with van der Waals surface area (Å²) in [4.78, 5) is 2.57. The fraction of sp³-hybridized carbons (Fsp3) is 0.0769. The van der Waals surface area contributed by atoms with Crippen molar-refractivity contribution in [1.82, 2.24) is 4.57 Å². The van der Waals surface area contributed by atoms with E-state index in [4.69, 9.17) is 0 Å². The van der Waals surface area contributed by atoms with Crippen LogP contribution in [0.3, 0.4) is 0 Å². The standard InChI is InChI=1S/C13H9Br2NS2/c1-16-8(10-4-6-12(14)17-10)2-3-9(16)11-5-7-13(15)18-11/h2-7H,1H3. The quantitative estimate of drug-likeness (QED) is 0.494. The van der Waals surface area contributed by atoms with Crippen LogP contribution in [0.4, 0.5) is 0 Å². The molecular formula is C13H9Br2NS2. The number of rotatable bonds is 2. The zero-order valence-corrected chi connectivity index (χ0v) is 14.3. The van der Waals surface area contributed by atoms with Crippen molar-refractivity contribution in [3.8, 4) is 21.1 Å². The lowest BCUT2D eigenvalue weighted by molar-refractivity contribution is 0.951. The van der Waals surface area contributed by atoms with E-state index >= 15 is 0 Å². The van der Waals surface area contributed by atoms with E-state index in [9.17, 15) is 0 Å². The Kier molecular flexibility index (Phi) is 3.49. The van der Waals surface area contributed by atoms with Gasteiger partial charge in [0, 0.05) is 7.05 Å². The largest absolute Gasteiger partial charge is 0.342 e. The Morgan fingerprint density at radius 2 is 1.22 bits per heavy atom. The Morgan fingerprint density at radius 1 is 0.778 bits per heavy atom. The molecule has 0 amide bonds. The molecule has 0 saturated carbocycles. The Hall–Kier alpha value is -0.360. The molecule has 0 bridgehead atoms. The van der Waals surface area contributed by atoms with Gasteiger partial charge in [-0.05, 0) is 68.3 Å². The van der Waals surface area contributed by atoms with Crippen molar-refractivity contribution in [3.63, 3.8) is 0 Å². The van der Waals surface area contributed by atoms with Crippen LogP contribution in [0.15, 0.2) is 44.0 Å². The molecule has 0 aliphatic rings.